The number of aryl methyl sites for hydroxylation is 1. The van der Waals surface area contributed by atoms with Gasteiger partial charge in [0.1, 0.15) is 5.82 Å². The smallest absolute Gasteiger partial charge is 0.251 e. The lowest BCUT2D eigenvalue weighted by atomic mass is 10.1. The van der Waals surface area contributed by atoms with E-state index < -0.39 is 0 Å². The third-order valence-corrected chi connectivity index (χ3v) is 6.84. The molecule has 0 spiro atoms. The number of aromatic nitrogens is 2. The molecule has 0 radical (unpaired) electrons. The second-order valence-corrected chi connectivity index (χ2v) is 9.25. The quantitative estimate of drug-likeness (QED) is 0.375. The molecule has 2 aliphatic heterocycles. The van der Waals surface area contributed by atoms with Gasteiger partial charge in [0.2, 0.25) is 6.79 Å². The van der Waals surface area contributed by atoms with E-state index in [2.05, 4.69) is 23.2 Å². The topological polar surface area (TPSA) is 85.8 Å². The number of amides is 1. The van der Waals surface area contributed by atoms with Crippen LogP contribution in [0.15, 0.2) is 53.7 Å². The van der Waals surface area contributed by atoms with Crippen LogP contribution in [0.5, 0.6) is 11.5 Å². The average Bonchev–Trinajstić information content (AvgIpc) is 3.39. The summed E-state index contributed by atoms with van der Waals surface area (Å²) in [5, 5.41) is 3.73. The maximum atomic E-state index is 12.6. The van der Waals surface area contributed by atoms with E-state index in [1.807, 2.05) is 42.5 Å². The molecule has 0 bridgehead atoms. The summed E-state index contributed by atoms with van der Waals surface area (Å²) in [6, 6.07) is 15.4. The number of morpholine rings is 1. The van der Waals surface area contributed by atoms with Gasteiger partial charge in [-0.1, -0.05) is 36.9 Å². The molecule has 1 saturated heterocycles. The second kappa shape index (κ2) is 11.0. The van der Waals surface area contributed by atoms with Gasteiger partial charge in [-0.25, -0.2) is 9.97 Å². The minimum atomic E-state index is -0.115. The van der Waals surface area contributed by atoms with Gasteiger partial charge in [0, 0.05) is 42.7 Å². The van der Waals surface area contributed by atoms with E-state index in [9.17, 15) is 4.79 Å². The number of nitrogens with zero attached hydrogens (tertiary/aromatic N) is 3. The van der Waals surface area contributed by atoms with Crippen molar-refractivity contribution in [2.24, 2.45) is 0 Å². The zero-order chi connectivity index (χ0) is 24.0. The zero-order valence-electron chi connectivity index (χ0n) is 19.7. The van der Waals surface area contributed by atoms with Gasteiger partial charge in [-0.2, -0.15) is 0 Å². The van der Waals surface area contributed by atoms with Crippen LogP contribution in [0.2, 0.25) is 0 Å². The largest absolute Gasteiger partial charge is 0.454 e. The van der Waals surface area contributed by atoms with E-state index in [0.29, 0.717) is 17.9 Å². The Hall–Kier alpha value is -3.30. The molecule has 0 unspecified atom stereocenters. The van der Waals surface area contributed by atoms with Gasteiger partial charge >= 0.3 is 0 Å². The summed E-state index contributed by atoms with van der Waals surface area (Å²) < 4.78 is 16.2. The number of fused-ring (bicyclic) bond motifs is 1. The lowest BCUT2D eigenvalue weighted by Gasteiger charge is -2.28. The third-order valence-electron chi connectivity index (χ3n) is 5.92. The first-order valence-corrected chi connectivity index (χ1v) is 12.8. The van der Waals surface area contributed by atoms with E-state index >= 15 is 0 Å². The van der Waals surface area contributed by atoms with Gasteiger partial charge < -0.3 is 24.4 Å². The highest BCUT2D eigenvalue weighted by Crippen LogP contribution is 2.32. The predicted octanol–water partition coefficient (Wildman–Crippen LogP) is 3.83. The highest BCUT2D eigenvalue weighted by atomic mass is 32.2. The molecule has 0 atom stereocenters. The molecule has 182 valence electrons. The van der Waals surface area contributed by atoms with Gasteiger partial charge in [-0.05, 0) is 41.8 Å². The number of thioether (sulfide) groups is 1. The number of hydrogen-bond donors (Lipinski definition) is 1. The van der Waals surface area contributed by atoms with Gasteiger partial charge in [0.05, 0.1) is 13.2 Å². The van der Waals surface area contributed by atoms with Gasteiger partial charge in [0.15, 0.2) is 16.7 Å². The molecule has 35 heavy (non-hydrogen) atoms. The molecule has 1 fully saturated rings. The molecule has 2 aromatic carbocycles. The van der Waals surface area contributed by atoms with Crippen LogP contribution in [0.4, 0.5) is 5.82 Å². The molecule has 3 heterocycles. The lowest BCUT2D eigenvalue weighted by Crippen LogP contribution is -2.37. The number of carbonyl (C=O) groups is 1. The molecule has 8 nitrogen and oxygen atoms in total. The summed E-state index contributed by atoms with van der Waals surface area (Å²) >= 11 is 1.61. The van der Waals surface area contributed by atoms with Crippen molar-refractivity contribution >= 4 is 23.5 Å². The maximum Gasteiger partial charge on any atom is 0.251 e. The summed E-state index contributed by atoms with van der Waals surface area (Å²) in [4.78, 5) is 24.3. The van der Waals surface area contributed by atoms with Gasteiger partial charge in [-0.3, -0.25) is 4.79 Å². The minimum absolute atomic E-state index is 0.115. The summed E-state index contributed by atoms with van der Waals surface area (Å²) in [7, 11) is 0. The van der Waals surface area contributed by atoms with Crippen molar-refractivity contribution in [1.29, 1.82) is 0 Å². The van der Waals surface area contributed by atoms with Crippen LogP contribution in [0.25, 0.3) is 0 Å². The Balaban J connectivity index is 1.17. The van der Waals surface area contributed by atoms with E-state index in [-0.39, 0.29) is 12.7 Å². The van der Waals surface area contributed by atoms with Crippen LogP contribution in [0, 0.1) is 0 Å². The Bertz CT molecular complexity index is 1180. The fourth-order valence-corrected chi connectivity index (χ4v) is 4.72. The van der Waals surface area contributed by atoms with Crippen molar-refractivity contribution in [3.8, 4) is 11.5 Å². The van der Waals surface area contributed by atoms with Crippen LogP contribution in [0.1, 0.15) is 34.1 Å². The summed E-state index contributed by atoms with van der Waals surface area (Å²) in [6.45, 7) is 5.92. The number of anilines is 1. The van der Waals surface area contributed by atoms with E-state index in [4.69, 9.17) is 24.2 Å². The predicted molar refractivity (Wildman–Crippen MR) is 134 cm³/mol. The van der Waals surface area contributed by atoms with E-state index in [1.54, 1.807) is 11.8 Å². The zero-order valence-corrected chi connectivity index (χ0v) is 20.5. The standard InChI is InChI=1S/C26H28N4O4S/c1-2-21-14-24(30-9-11-32-12-10-30)29-26(28-21)35-16-18-3-6-20(7-4-18)25(31)27-15-19-5-8-22-23(13-19)34-17-33-22/h3-8,13-14H,2,9-12,15-17H2,1H3,(H,27,31). The Labute approximate surface area is 209 Å². The van der Waals surface area contributed by atoms with E-state index in [1.165, 1.54) is 0 Å². The first-order chi connectivity index (χ1) is 17.2. The lowest BCUT2D eigenvalue weighted by molar-refractivity contribution is 0.0951. The van der Waals surface area contributed by atoms with Crippen molar-refractivity contribution in [1.82, 2.24) is 15.3 Å². The third kappa shape index (κ3) is 5.86. The SMILES string of the molecule is CCc1cc(N2CCOCC2)nc(SCc2ccc(C(=O)NCc3ccc4c(c3)OCO4)cc2)n1. The molecule has 0 saturated carbocycles. The van der Waals surface area contributed by atoms with Crippen LogP contribution in [0.3, 0.4) is 0 Å². The van der Waals surface area contributed by atoms with Gasteiger partial charge in [-0.15, -0.1) is 0 Å². The average molecular weight is 493 g/mol. The molecule has 0 aliphatic carbocycles. The van der Waals surface area contributed by atoms with Crippen molar-refractivity contribution in [2.45, 2.75) is 30.8 Å². The van der Waals surface area contributed by atoms with Crippen molar-refractivity contribution in [3.63, 3.8) is 0 Å². The van der Waals surface area contributed by atoms with Crippen molar-refractivity contribution < 1.29 is 19.0 Å². The number of benzene rings is 2. The van der Waals surface area contributed by atoms with E-state index in [0.717, 1.165) is 72.0 Å². The number of carbonyl (C=O) groups excluding carboxylic acids is 1. The Kier molecular flexibility index (Phi) is 7.34. The highest BCUT2D eigenvalue weighted by Gasteiger charge is 2.16. The van der Waals surface area contributed by atoms with Crippen LogP contribution >= 0.6 is 11.8 Å². The summed E-state index contributed by atoms with van der Waals surface area (Å²) in [6.07, 6.45) is 0.865. The Morgan fingerprint density at radius 3 is 2.57 bits per heavy atom. The summed E-state index contributed by atoms with van der Waals surface area (Å²) in [5.74, 6) is 3.03. The normalized spacial score (nSPS) is 14.7. The number of ether oxygens (including phenoxy) is 3. The highest BCUT2D eigenvalue weighted by molar-refractivity contribution is 7.98. The molecule has 9 heteroatoms. The fourth-order valence-electron chi connectivity index (χ4n) is 3.90. The van der Waals surface area contributed by atoms with Crippen molar-refractivity contribution in [2.75, 3.05) is 38.0 Å². The van der Waals surface area contributed by atoms with Crippen molar-refractivity contribution in [3.05, 3.63) is 70.9 Å². The number of hydrogen-bond acceptors (Lipinski definition) is 8. The minimum Gasteiger partial charge on any atom is -0.454 e. The Morgan fingerprint density at radius 1 is 1.00 bits per heavy atom. The monoisotopic (exact) mass is 492 g/mol. The maximum absolute atomic E-state index is 12.6. The molecule has 1 amide bonds. The molecule has 1 N–H and O–H groups in total. The first kappa shape index (κ1) is 23.4. The fraction of sp³-hybridized carbons (Fsp3) is 0.346. The Morgan fingerprint density at radius 2 is 1.77 bits per heavy atom. The summed E-state index contributed by atoms with van der Waals surface area (Å²) in [5.41, 5.74) is 3.74. The van der Waals surface area contributed by atoms with Crippen LogP contribution in [-0.4, -0.2) is 49.0 Å². The van der Waals surface area contributed by atoms with Gasteiger partial charge in [0.25, 0.3) is 5.91 Å². The molecule has 5 rings (SSSR count). The first-order valence-electron chi connectivity index (χ1n) is 11.8. The number of nitrogens with one attached hydrogen (secondary N) is 1. The molecular formula is C26H28N4O4S. The molecule has 3 aromatic rings. The van der Waals surface area contributed by atoms with Crippen LogP contribution < -0.4 is 19.7 Å². The number of rotatable bonds is 8. The van der Waals surface area contributed by atoms with Crippen LogP contribution in [-0.2, 0) is 23.5 Å². The molecule has 2 aliphatic rings. The second-order valence-electron chi connectivity index (χ2n) is 8.31. The molecular weight excluding hydrogens is 464 g/mol. The molecule has 1 aromatic heterocycles.